The molecule has 0 saturated carbocycles. The summed E-state index contributed by atoms with van der Waals surface area (Å²) in [5.41, 5.74) is 1.01. The van der Waals surface area contributed by atoms with Crippen molar-refractivity contribution in [3.8, 4) is 5.75 Å². The number of rotatable bonds is 5. The Bertz CT molecular complexity index is 473. The van der Waals surface area contributed by atoms with Crippen molar-refractivity contribution in [2.24, 2.45) is 0 Å². The molecule has 0 spiro atoms. The highest BCUT2D eigenvalue weighted by atomic mass is 35.5. The van der Waals surface area contributed by atoms with Gasteiger partial charge in [-0.25, -0.2) is 0 Å². The molecule has 1 aromatic rings. The van der Waals surface area contributed by atoms with Gasteiger partial charge in [-0.1, -0.05) is 11.6 Å². The summed E-state index contributed by atoms with van der Waals surface area (Å²) < 4.78 is 11.0. The molecule has 1 fully saturated rings. The molecule has 2 rings (SSSR count). The van der Waals surface area contributed by atoms with Gasteiger partial charge in [0.1, 0.15) is 5.75 Å². The number of morpholine rings is 1. The van der Waals surface area contributed by atoms with Gasteiger partial charge in [-0.15, -0.1) is 0 Å². The maximum Gasteiger partial charge on any atom is 0.123 e. The molecular formula is C16H25ClN2O2. The van der Waals surface area contributed by atoms with Crippen LogP contribution in [0.4, 0.5) is 0 Å². The molecule has 0 radical (unpaired) electrons. The van der Waals surface area contributed by atoms with E-state index in [1.54, 1.807) is 7.11 Å². The molecule has 1 unspecified atom stereocenters. The maximum absolute atomic E-state index is 6.19. The number of hydrogen-bond acceptors (Lipinski definition) is 4. The van der Waals surface area contributed by atoms with Crippen LogP contribution in [-0.4, -0.2) is 50.9 Å². The number of benzene rings is 1. The van der Waals surface area contributed by atoms with Crippen LogP contribution in [0.1, 0.15) is 25.5 Å². The van der Waals surface area contributed by atoms with Crippen molar-refractivity contribution < 1.29 is 9.47 Å². The average molecular weight is 313 g/mol. The fourth-order valence-corrected chi connectivity index (χ4v) is 3.32. The van der Waals surface area contributed by atoms with E-state index in [4.69, 9.17) is 21.1 Å². The van der Waals surface area contributed by atoms with Gasteiger partial charge in [0.15, 0.2) is 0 Å². The van der Waals surface area contributed by atoms with Crippen LogP contribution in [0.5, 0.6) is 5.75 Å². The third kappa shape index (κ3) is 3.51. The first kappa shape index (κ1) is 16.6. The fourth-order valence-electron chi connectivity index (χ4n) is 3.14. The predicted octanol–water partition coefficient (Wildman–Crippen LogP) is 2.72. The van der Waals surface area contributed by atoms with Crippen molar-refractivity contribution in [1.29, 1.82) is 0 Å². The van der Waals surface area contributed by atoms with Crippen LogP contribution < -0.4 is 10.1 Å². The Hall–Kier alpha value is -0.810. The Morgan fingerprint density at radius 2 is 2.00 bits per heavy atom. The van der Waals surface area contributed by atoms with Crippen molar-refractivity contribution in [1.82, 2.24) is 10.2 Å². The summed E-state index contributed by atoms with van der Waals surface area (Å²) in [4.78, 5) is 2.46. The Kier molecular flexibility index (Phi) is 5.49. The van der Waals surface area contributed by atoms with Crippen LogP contribution in [0.15, 0.2) is 18.2 Å². The van der Waals surface area contributed by atoms with E-state index in [-0.39, 0.29) is 11.6 Å². The van der Waals surface area contributed by atoms with Crippen LogP contribution in [0.3, 0.4) is 0 Å². The second kappa shape index (κ2) is 6.97. The summed E-state index contributed by atoms with van der Waals surface area (Å²) in [7, 11) is 3.68. The van der Waals surface area contributed by atoms with Crippen LogP contribution in [0.2, 0.25) is 5.02 Å². The molecule has 21 heavy (non-hydrogen) atoms. The van der Waals surface area contributed by atoms with E-state index in [1.165, 1.54) is 0 Å². The van der Waals surface area contributed by atoms with Gasteiger partial charge in [0.05, 0.1) is 26.4 Å². The summed E-state index contributed by atoms with van der Waals surface area (Å²) in [6.07, 6.45) is 0. The van der Waals surface area contributed by atoms with Crippen molar-refractivity contribution in [3.63, 3.8) is 0 Å². The highest BCUT2D eigenvalue weighted by molar-refractivity contribution is 6.30. The monoisotopic (exact) mass is 312 g/mol. The first-order chi connectivity index (χ1) is 10.0. The average Bonchev–Trinajstić information content (AvgIpc) is 2.49. The van der Waals surface area contributed by atoms with E-state index >= 15 is 0 Å². The number of methoxy groups -OCH3 is 1. The minimum atomic E-state index is -0.0729. The van der Waals surface area contributed by atoms with Crippen molar-refractivity contribution >= 4 is 11.6 Å². The first-order valence-corrected chi connectivity index (χ1v) is 7.72. The van der Waals surface area contributed by atoms with Gasteiger partial charge in [-0.3, -0.25) is 4.90 Å². The summed E-state index contributed by atoms with van der Waals surface area (Å²) in [5.74, 6) is 0.861. The number of halogens is 1. The van der Waals surface area contributed by atoms with E-state index in [1.807, 2.05) is 25.2 Å². The summed E-state index contributed by atoms with van der Waals surface area (Å²) in [6.45, 7) is 7.95. The first-order valence-electron chi connectivity index (χ1n) is 7.34. The van der Waals surface area contributed by atoms with Gasteiger partial charge in [0.25, 0.3) is 0 Å². The number of nitrogens with one attached hydrogen (secondary N) is 1. The van der Waals surface area contributed by atoms with Gasteiger partial charge in [-0.2, -0.15) is 0 Å². The molecule has 1 saturated heterocycles. The summed E-state index contributed by atoms with van der Waals surface area (Å²) in [5, 5.41) is 4.16. The zero-order valence-corrected chi connectivity index (χ0v) is 14.0. The lowest BCUT2D eigenvalue weighted by Crippen LogP contribution is -2.55. The molecule has 1 N–H and O–H groups in total. The Morgan fingerprint density at radius 3 is 2.57 bits per heavy atom. The normalized spacial score (nSPS) is 18.5. The molecule has 118 valence electrons. The van der Waals surface area contributed by atoms with Crippen molar-refractivity contribution in [3.05, 3.63) is 28.8 Å². The molecule has 1 atom stereocenters. The Labute approximate surface area is 132 Å². The number of ether oxygens (including phenoxy) is 2. The van der Waals surface area contributed by atoms with Gasteiger partial charge in [-0.05, 0) is 39.1 Å². The van der Waals surface area contributed by atoms with Gasteiger partial charge < -0.3 is 14.8 Å². The lowest BCUT2D eigenvalue weighted by molar-refractivity contribution is -0.0231. The molecule has 0 aliphatic carbocycles. The maximum atomic E-state index is 6.19. The van der Waals surface area contributed by atoms with Crippen molar-refractivity contribution in [2.75, 3.05) is 40.5 Å². The second-order valence-electron chi connectivity index (χ2n) is 5.86. The highest BCUT2D eigenvalue weighted by Crippen LogP contribution is 2.37. The second-order valence-corrected chi connectivity index (χ2v) is 6.30. The third-order valence-corrected chi connectivity index (χ3v) is 4.56. The van der Waals surface area contributed by atoms with E-state index in [0.717, 1.165) is 42.6 Å². The van der Waals surface area contributed by atoms with E-state index in [9.17, 15) is 0 Å². The molecule has 0 bridgehead atoms. The molecule has 4 nitrogen and oxygen atoms in total. The SMILES string of the molecule is CNC(c1cc(Cl)ccc1OC)C(C)(C)N1CCOCC1. The summed E-state index contributed by atoms with van der Waals surface area (Å²) in [6, 6.07) is 5.89. The van der Waals surface area contributed by atoms with Crippen LogP contribution >= 0.6 is 11.6 Å². The molecule has 5 heteroatoms. The minimum absolute atomic E-state index is 0.0729. The molecule has 1 aliphatic rings. The topological polar surface area (TPSA) is 33.7 Å². The fraction of sp³-hybridized carbons (Fsp3) is 0.625. The van der Waals surface area contributed by atoms with Gasteiger partial charge in [0, 0.05) is 29.2 Å². The number of likely N-dealkylation sites (N-methyl/N-ethyl adjacent to an activating group) is 1. The van der Waals surface area contributed by atoms with E-state index in [2.05, 4.69) is 24.1 Å². The standard InChI is InChI=1S/C16H25ClN2O2/c1-16(2,19-7-9-21-10-8-19)15(18-3)13-11-12(17)5-6-14(13)20-4/h5-6,11,15,18H,7-10H2,1-4H3. The zero-order chi connectivity index (χ0) is 15.5. The smallest absolute Gasteiger partial charge is 0.123 e. The third-order valence-electron chi connectivity index (χ3n) is 4.32. The predicted molar refractivity (Wildman–Crippen MR) is 86.3 cm³/mol. The van der Waals surface area contributed by atoms with Crippen molar-refractivity contribution in [2.45, 2.75) is 25.4 Å². The van der Waals surface area contributed by atoms with Crippen LogP contribution in [-0.2, 0) is 4.74 Å². The molecule has 0 aromatic heterocycles. The Balaban J connectivity index is 2.35. The molecule has 1 aromatic carbocycles. The van der Waals surface area contributed by atoms with Crippen LogP contribution in [0.25, 0.3) is 0 Å². The van der Waals surface area contributed by atoms with Crippen LogP contribution in [0, 0.1) is 0 Å². The molecule has 1 heterocycles. The molecule has 1 aliphatic heterocycles. The highest BCUT2D eigenvalue weighted by Gasteiger charge is 2.37. The minimum Gasteiger partial charge on any atom is -0.496 e. The molecular weight excluding hydrogens is 288 g/mol. The number of nitrogens with zero attached hydrogens (tertiary/aromatic N) is 1. The quantitative estimate of drug-likeness (QED) is 0.906. The zero-order valence-electron chi connectivity index (χ0n) is 13.3. The largest absolute Gasteiger partial charge is 0.496 e. The Morgan fingerprint density at radius 1 is 1.33 bits per heavy atom. The molecule has 0 amide bonds. The van der Waals surface area contributed by atoms with E-state index in [0.29, 0.717) is 0 Å². The van der Waals surface area contributed by atoms with Gasteiger partial charge >= 0.3 is 0 Å². The lowest BCUT2D eigenvalue weighted by atomic mass is 9.86. The summed E-state index contributed by atoms with van der Waals surface area (Å²) >= 11 is 6.19. The lowest BCUT2D eigenvalue weighted by Gasteiger charge is -2.46. The van der Waals surface area contributed by atoms with E-state index < -0.39 is 0 Å². The number of hydrogen-bond donors (Lipinski definition) is 1. The van der Waals surface area contributed by atoms with Gasteiger partial charge in [0.2, 0.25) is 0 Å².